The maximum Gasteiger partial charge on any atom is 0.126 e. The Balaban J connectivity index is 1.53. The lowest BCUT2D eigenvalue weighted by atomic mass is 9.68. The molecular weight excluding hydrogens is 343 g/mol. The molecule has 3 saturated carbocycles. The van der Waals surface area contributed by atoms with E-state index in [4.69, 9.17) is 0 Å². The van der Waals surface area contributed by atoms with Crippen LogP contribution in [0.25, 0.3) is 0 Å². The largest absolute Gasteiger partial charge is 0.207 e. The molecule has 0 spiro atoms. The Kier molecular flexibility index (Phi) is 8.01. The molecular formula is C27H43F. The topological polar surface area (TPSA) is 0 Å². The molecule has 0 unspecified atom stereocenters. The Hall–Kier alpha value is -0.850. The molecule has 3 fully saturated rings. The van der Waals surface area contributed by atoms with Crippen LogP contribution < -0.4 is 0 Å². The summed E-state index contributed by atoms with van der Waals surface area (Å²) in [5.41, 5.74) is 1.98. The van der Waals surface area contributed by atoms with E-state index in [2.05, 4.69) is 20.4 Å². The minimum atomic E-state index is 0.000984. The molecule has 3 aliphatic carbocycles. The summed E-state index contributed by atoms with van der Waals surface area (Å²) in [7, 11) is 0. The van der Waals surface area contributed by atoms with Crippen LogP contribution in [-0.2, 0) is 0 Å². The van der Waals surface area contributed by atoms with Gasteiger partial charge in [-0.2, -0.15) is 0 Å². The summed E-state index contributed by atoms with van der Waals surface area (Å²) in [5.74, 6) is 4.51. The van der Waals surface area contributed by atoms with Crippen LogP contribution in [0.2, 0.25) is 0 Å². The first kappa shape index (κ1) is 21.8. The molecule has 0 aromatic rings. The van der Waals surface area contributed by atoms with Crippen molar-refractivity contribution in [3.63, 3.8) is 0 Å². The fourth-order valence-electron chi connectivity index (χ4n) is 6.22. The Morgan fingerprint density at radius 3 is 1.64 bits per heavy atom. The number of hydrogen-bond acceptors (Lipinski definition) is 0. The zero-order valence-corrected chi connectivity index (χ0v) is 18.7. The normalized spacial score (nSPS) is 38.3. The number of hydrogen-bond donors (Lipinski definition) is 0. The second kappa shape index (κ2) is 10.3. The SMILES string of the molecule is C=C(/C=C(F)\C(=C/C)C1CCC(C2CCC(C)CC2)CC1)C1CCC(C)CC1. The molecule has 0 bridgehead atoms. The van der Waals surface area contributed by atoms with Gasteiger partial charge in [0.25, 0.3) is 0 Å². The van der Waals surface area contributed by atoms with Crippen LogP contribution in [-0.4, -0.2) is 0 Å². The zero-order valence-electron chi connectivity index (χ0n) is 18.7. The highest BCUT2D eigenvalue weighted by Crippen LogP contribution is 2.44. The molecule has 0 aromatic heterocycles. The molecule has 0 heterocycles. The van der Waals surface area contributed by atoms with Crippen molar-refractivity contribution in [1.29, 1.82) is 0 Å². The van der Waals surface area contributed by atoms with E-state index >= 15 is 4.39 Å². The first-order chi connectivity index (χ1) is 13.5. The first-order valence-corrected chi connectivity index (χ1v) is 12.2. The predicted molar refractivity (Wildman–Crippen MR) is 120 cm³/mol. The van der Waals surface area contributed by atoms with Gasteiger partial charge in [0.05, 0.1) is 0 Å². The van der Waals surface area contributed by atoms with Crippen molar-refractivity contribution in [2.24, 2.45) is 35.5 Å². The van der Waals surface area contributed by atoms with E-state index in [1.54, 1.807) is 6.08 Å². The van der Waals surface area contributed by atoms with E-state index in [1.807, 2.05) is 13.0 Å². The maximum atomic E-state index is 15.2. The van der Waals surface area contributed by atoms with Crippen LogP contribution in [0.5, 0.6) is 0 Å². The highest BCUT2D eigenvalue weighted by Gasteiger charge is 2.31. The van der Waals surface area contributed by atoms with Gasteiger partial charge in [0, 0.05) is 0 Å². The molecule has 0 saturated heterocycles. The lowest BCUT2D eigenvalue weighted by molar-refractivity contribution is 0.158. The molecule has 0 atom stereocenters. The van der Waals surface area contributed by atoms with Gasteiger partial charge in [-0.3, -0.25) is 0 Å². The minimum Gasteiger partial charge on any atom is -0.207 e. The van der Waals surface area contributed by atoms with Gasteiger partial charge in [0.1, 0.15) is 5.83 Å². The van der Waals surface area contributed by atoms with Crippen LogP contribution >= 0.6 is 0 Å². The average Bonchev–Trinajstić information content (AvgIpc) is 2.70. The third kappa shape index (κ3) is 5.61. The summed E-state index contributed by atoms with van der Waals surface area (Å²) in [6.07, 6.45) is 19.4. The Labute approximate surface area is 173 Å². The van der Waals surface area contributed by atoms with E-state index < -0.39 is 0 Å². The lowest BCUT2D eigenvalue weighted by Gasteiger charge is -2.37. The van der Waals surface area contributed by atoms with E-state index in [0.717, 1.165) is 34.8 Å². The summed E-state index contributed by atoms with van der Waals surface area (Å²) >= 11 is 0. The van der Waals surface area contributed by atoms with Gasteiger partial charge in [0.15, 0.2) is 0 Å². The third-order valence-electron chi connectivity index (χ3n) is 8.38. The number of rotatable bonds is 5. The molecule has 1 heteroatoms. The van der Waals surface area contributed by atoms with E-state index in [-0.39, 0.29) is 5.83 Å². The smallest absolute Gasteiger partial charge is 0.126 e. The van der Waals surface area contributed by atoms with Gasteiger partial charge in [-0.15, -0.1) is 0 Å². The van der Waals surface area contributed by atoms with Crippen molar-refractivity contribution < 1.29 is 4.39 Å². The van der Waals surface area contributed by atoms with Gasteiger partial charge < -0.3 is 0 Å². The van der Waals surface area contributed by atoms with Gasteiger partial charge in [-0.05, 0) is 111 Å². The van der Waals surface area contributed by atoms with Gasteiger partial charge in [-0.25, -0.2) is 4.39 Å². The molecule has 0 nitrogen and oxygen atoms in total. The van der Waals surface area contributed by atoms with Crippen LogP contribution in [0.15, 0.2) is 35.7 Å². The second-order valence-electron chi connectivity index (χ2n) is 10.4. The standard InChI is InChI=1S/C27H43F/c1-5-26(27(28)18-21(4)22-10-6-19(2)7-11-22)25-16-14-24(15-17-25)23-12-8-20(3)9-13-23/h5,18-20,22-25H,4,6-17H2,1-3H3/b26-5-,27-18+. The van der Waals surface area contributed by atoms with Crippen molar-refractivity contribution in [2.75, 3.05) is 0 Å². The molecule has 3 aliphatic rings. The van der Waals surface area contributed by atoms with Crippen molar-refractivity contribution in [3.8, 4) is 0 Å². The van der Waals surface area contributed by atoms with Gasteiger partial charge in [-0.1, -0.05) is 52.2 Å². The zero-order chi connectivity index (χ0) is 20.1. The fraction of sp³-hybridized carbons (Fsp3) is 0.778. The number of halogens is 1. The second-order valence-corrected chi connectivity index (χ2v) is 10.4. The van der Waals surface area contributed by atoms with Crippen molar-refractivity contribution in [2.45, 2.75) is 97.8 Å². The maximum absolute atomic E-state index is 15.2. The average molecular weight is 387 g/mol. The summed E-state index contributed by atoms with van der Waals surface area (Å²) < 4.78 is 15.2. The van der Waals surface area contributed by atoms with Crippen molar-refractivity contribution >= 4 is 0 Å². The summed E-state index contributed by atoms with van der Waals surface area (Å²) in [5, 5.41) is 0. The molecule has 0 aliphatic heterocycles. The minimum absolute atomic E-state index is 0.000984. The highest BCUT2D eigenvalue weighted by atomic mass is 19.1. The van der Waals surface area contributed by atoms with Crippen molar-refractivity contribution in [1.82, 2.24) is 0 Å². The summed E-state index contributed by atoms with van der Waals surface area (Å²) in [6.45, 7) is 11.0. The van der Waals surface area contributed by atoms with Crippen LogP contribution in [0.4, 0.5) is 4.39 Å². The number of allylic oxidation sites excluding steroid dienone is 5. The fourth-order valence-corrected chi connectivity index (χ4v) is 6.22. The Morgan fingerprint density at radius 2 is 1.14 bits per heavy atom. The van der Waals surface area contributed by atoms with Gasteiger partial charge >= 0.3 is 0 Å². The Morgan fingerprint density at radius 1 is 0.714 bits per heavy atom. The van der Waals surface area contributed by atoms with E-state index in [0.29, 0.717) is 11.8 Å². The molecule has 0 aromatic carbocycles. The molecule has 28 heavy (non-hydrogen) atoms. The Bertz CT molecular complexity index is 559. The molecule has 0 N–H and O–H groups in total. The van der Waals surface area contributed by atoms with Crippen LogP contribution in [0.3, 0.4) is 0 Å². The summed E-state index contributed by atoms with van der Waals surface area (Å²) in [6, 6.07) is 0. The van der Waals surface area contributed by atoms with Crippen LogP contribution in [0.1, 0.15) is 97.8 Å². The van der Waals surface area contributed by atoms with E-state index in [1.165, 1.54) is 77.0 Å². The van der Waals surface area contributed by atoms with Crippen LogP contribution in [0, 0.1) is 35.5 Å². The molecule has 158 valence electrons. The predicted octanol–water partition coefficient (Wildman–Crippen LogP) is 8.80. The monoisotopic (exact) mass is 386 g/mol. The molecule has 0 amide bonds. The molecule has 3 rings (SSSR count). The third-order valence-corrected chi connectivity index (χ3v) is 8.38. The van der Waals surface area contributed by atoms with E-state index in [9.17, 15) is 0 Å². The lowest BCUT2D eigenvalue weighted by Crippen LogP contribution is -2.26. The quantitative estimate of drug-likeness (QED) is 0.414. The highest BCUT2D eigenvalue weighted by molar-refractivity contribution is 5.34. The van der Waals surface area contributed by atoms with Gasteiger partial charge in [0.2, 0.25) is 0 Å². The first-order valence-electron chi connectivity index (χ1n) is 12.2. The molecule has 0 radical (unpaired) electrons. The van der Waals surface area contributed by atoms with Crippen molar-refractivity contribution in [3.05, 3.63) is 35.7 Å². The summed E-state index contributed by atoms with van der Waals surface area (Å²) in [4.78, 5) is 0.